The molecule has 2 aliphatic carbocycles. The van der Waals surface area contributed by atoms with Crippen LogP contribution in [0.3, 0.4) is 0 Å². The molecule has 1 aromatic heterocycles. The molecule has 1 heterocycles. The number of fused-ring (bicyclic) bond motifs is 2. The zero-order chi connectivity index (χ0) is 12.0. The Balaban J connectivity index is 2.27. The van der Waals surface area contributed by atoms with Gasteiger partial charge in [-0.05, 0) is 38.2 Å². The third-order valence-electron chi connectivity index (χ3n) is 3.79. The molecule has 3 nitrogen and oxygen atoms in total. The summed E-state index contributed by atoms with van der Waals surface area (Å²) in [5, 5.41) is 0. The van der Waals surface area contributed by atoms with E-state index in [2.05, 4.69) is 4.98 Å². The minimum Gasteiger partial charge on any atom is -0.294 e. The molecular formula is C14H15NO2. The molecule has 0 saturated heterocycles. The highest BCUT2D eigenvalue weighted by Crippen LogP contribution is 2.30. The van der Waals surface area contributed by atoms with E-state index in [1.165, 1.54) is 0 Å². The van der Waals surface area contributed by atoms with Crippen LogP contribution in [0.4, 0.5) is 0 Å². The Morgan fingerprint density at radius 3 is 1.76 bits per heavy atom. The van der Waals surface area contributed by atoms with Crippen molar-refractivity contribution in [2.24, 2.45) is 0 Å². The van der Waals surface area contributed by atoms with Gasteiger partial charge in [0.05, 0.1) is 11.4 Å². The van der Waals surface area contributed by atoms with Crippen molar-refractivity contribution in [2.75, 3.05) is 0 Å². The topological polar surface area (TPSA) is 47.0 Å². The fourth-order valence-corrected chi connectivity index (χ4v) is 3.02. The van der Waals surface area contributed by atoms with Gasteiger partial charge in [-0.25, -0.2) is 0 Å². The molecular weight excluding hydrogens is 214 g/mol. The number of aromatic nitrogens is 1. The Bertz CT molecular complexity index is 487. The number of aryl methyl sites for hydroxylation is 2. The molecule has 0 amide bonds. The molecule has 3 rings (SSSR count). The number of hydrogen-bond acceptors (Lipinski definition) is 3. The monoisotopic (exact) mass is 229 g/mol. The van der Waals surface area contributed by atoms with E-state index in [1.54, 1.807) is 0 Å². The smallest absolute Gasteiger partial charge is 0.165 e. The zero-order valence-electron chi connectivity index (χ0n) is 10.0. The lowest BCUT2D eigenvalue weighted by Gasteiger charge is -2.23. The van der Waals surface area contributed by atoms with Gasteiger partial charge >= 0.3 is 0 Å². The third-order valence-corrected chi connectivity index (χ3v) is 3.79. The first-order valence-electron chi connectivity index (χ1n) is 6.27. The first-order valence-corrected chi connectivity index (χ1v) is 6.27. The SMILES string of the molecule is Cc1c2c(nc3c1C(=O)CCC3)CCCC2=O. The highest BCUT2D eigenvalue weighted by atomic mass is 16.1. The first kappa shape index (κ1) is 10.6. The van der Waals surface area contributed by atoms with Crippen LogP contribution in [-0.4, -0.2) is 16.6 Å². The predicted octanol–water partition coefficient (Wildman–Crippen LogP) is 2.43. The second-order valence-corrected chi connectivity index (χ2v) is 4.93. The maximum absolute atomic E-state index is 11.9. The van der Waals surface area contributed by atoms with Gasteiger partial charge in [-0.3, -0.25) is 14.6 Å². The number of rotatable bonds is 0. The summed E-state index contributed by atoms with van der Waals surface area (Å²) in [5.74, 6) is 0.329. The molecule has 0 bridgehead atoms. The Morgan fingerprint density at radius 2 is 1.29 bits per heavy atom. The van der Waals surface area contributed by atoms with Crippen LogP contribution in [-0.2, 0) is 12.8 Å². The summed E-state index contributed by atoms with van der Waals surface area (Å²) in [7, 11) is 0. The average molecular weight is 229 g/mol. The van der Waals surface area contributed by atoms with E-state index in [-0.39, 0.29) is 11.6 Å². The molecule has 0 aliphatic heterocycles. The van der Waals surface area contributed by atoms with Crippen LogP contribution >= 0.6 is 0 Å². The van der Waals surface area contributed by atoms with E-state index in [0.717, 1.165) is 53.8 Å². The summed E-state index contributed by atoms with van der Waals surface area (Å²) in [6, 6.07) is 0. The molecule has 0 N–H and O–H groups in total. The predicted molar refractivity (Wildman–Crippen MR) is 63.5 cm³/mol. The number of pyridine rings is 1. The lowest BCUT2D eigenvalue weighted by atomic mass is 9.84. The van der Waals surface area contributed by atoms with E-state index in [9.17, 15) is 9.59 Å². The number of Topliss-reactive ketones (excluding diaryl/α,β-unsaturated/α-hetero) is 2. The van der Waals surface area contributed by atoms with Gasteiger partial charge in [0, 0.05) is 24.0 Å². The number of carbonyl (C=O) groups is 2. The minimum absolute atomic E-state index is 0.164. The van der Waals surface area contributed by atoms with Crippen LogP contribution in [0.2, 0.25) is 0 Å². The number of ketones is 2. The van der Waals surface area contributed by atoms with Crippen LogP contribution < -0.4 is 0 Å². The fourth-order valence-electron chi connectivity index (χ4n) is 3.02. The maximum Gasteiger partial charge on any atom is 0.165 e. The van der Waals surface area contributed by atoms with E-state index < -0.39 is 0 Å². The van der Waals surface area contributed by atoms with Crippen LogP contribution in [0, 0.1) is 6.92 Å². The lowest BCUT2D eigenvalue weighted by molar-refractivity contribution is 0.0968. The summed E-state index contributed by atoms with van der Waals surface area (Å²) >= 11 is 0. The molecule has 0 saturated carbocycles. The van der Waals surface area contributed by atoms with Crippen LogP contribution in [0.5, 0.6) is 0 Å². The molecule has 0 radical (unpaired) electrons. The highest BCUT2D eigenvalue weighted by molar-refractivity contribution is 6.05. The van der Waals surface area contributed by atoms with Crippen molar-refractivity contribution in [2.45, 2.75) is 45.4 Å². The summed E-state index contributed by atoms with van der Waals surface area (Å²) in [6.45, 7) is 1.91. The number of carbonyl (C=O) groups excluding carboxylic acids is 2. The Hall–Kier alpha value is -1.51. The molecule has 0 spiro atoms. The second kappa shape index (κ2) is 3.76. The Labute approximate surface area is 100 Å². The zero-order valence-corrected chi connectivity index (χ0v) is 10.0. The standard InChI is InChI=1S/C14H15NO2/c1-8-13-9(4-2-6-11(13)16)15-10-5-3-7-12(17)14(8)10/h2-7H2,1H3. The maximum atomic E-state index is 11.9. The van der Waals surface area contributed by atoms with E-state index in [4.69, 9.17) is 0 Å². The summed E-state index contributed by atoms with van der Waals surface area (Å²) in [5.41, 5.74) is 4.22. The highest BCUT2D eigenvalue weighted by Gasteiger charge is 2.28. The Morgan fingerprint density at radius 1 is 0.824 bits per heavy atom. The van der Waals surface area contributed by atoms with Crippen molar-refractivity contribution in [3.63, 3.8) is 0 Å². The van der Waals surface area contributed by atoms with Gasteiger partial charge in [-0.2, -0.15) is 0 Å². The van der Waals surface area contributed by atoms with Crippen molar-refractivity contribution in [3.8, 4) is 0 Å². The van der Waals surface area contributed by atoms with Crippen molar-refractivity contribution < 1.29 is 9.59 Å². The van der Waals surface area contributed by atoms with Gasteiger partial charge in [0.15, 0.2) is 11.6 Å². The summed E-state index contributed by atoms with van der Waals surface area (Å²) in [4.78, 5) is 28.5. The third kappa shape index (κ3) is 1.53. The molecule has 2 aliphatic rings. The van der Waals surface area contributed by atoms with Crippen LogP contribution in [0.15, 0.2) is 0 Å². The normalized spacial score (nSPS) is 18.9. The molecule has 88 valence electrons. The van der Waals surface area contributed by atoms with Crippen molar-refractivity contribution >= 4 is 11.6 Å². The summed E-state index contributed by atoms with van der Waals surface area (Å²) in [6.07, 6.45) is 4.74. The van der Waals surface area contributed by atoms with Crippen LogP contribution in [0.25, 0.3) is 0 Å². The second-order valence-electron chi connectivity index (χ2n) is 4.93. The average Bonchev–Trinajstić information content (AvgIpc) is 2.28. The molecule has 0 aromatic carbocycles. The van der Waals surface area contributed by atoms with Gasteiger partial charge in [-0.15, -0.1) is 0 Å². The minimum atomic E-state index is 0.164. The lowest BCUT2D eigenvalue weighted by Crippen LogP contribution is -2.22. The van der Waals surface area contributed by atoms with Gasteiger partial charge in [0.2, 0.25) is 0 Å². The molecule has 0 atom stereocenters. The molecule has 0 unspecified atom stereocenters. The molecule has 1 aromatic rings. The number of nitrogens with zero attached hydrogens (tertiary/aromatic N) is 1. The van der Waals surface area contributed by atoms with Crippen molar-refractivity contribution in [1.29, 1.82) is 0 Å². The van der Waals surface area contributed by atoms with Gasteiger partial charge in [0.25, 0.3) is 0 Å². The van der Waals surface area contributed by atoms with Gasteiger partial charge in [-0.1, -0.05) is 0 Å². The number of hydrogen-bond donors (Lipinski definition) is 0. The van der Waals surface area contributed by atoms with Crippen molar-refractivity contribution in [1.82, 2.24) is 4.98 Å². The van der Waals surface area contributed by atoms with E-state index >= 15 is 0 Å². The first-order chi connectivity index (χ1) is 8.18. The van der Waals surface area contributed by atoms with Gasteiger partial charge in [0.1, 0.15) is 0 Å². The van der Waals surface area contributed by atoms with Crippen molar-refractivity contribution in [3.05, 3.63) is 28.1 Å². The molecule has 17 heavy (non-hydrogen) atoms. The van der Waals surface area contributed by atoms with Gasteiger partial charge < -0.3 is 0 Å². The Kier molecular flexibility index (Phi) is 2.35. The quantitative estimate of drug-likeness (QED) is 0.686. The molecule has 3 heteroatoms. The fraction of sp³-hybridized carbons (Fsp3) is 0.500. The van der Waals surface area contributed by atoms with E-state index in [0.29, 0.717) is 12.8 Å². The molecule has 0 fully saturated rings. The largest absolute Gasteiger partial charge is 0.294 e. The summed E-state index contributed by atoms with van der Waals surface area (Å²) < 4.78 is 0. The van der Waals surface area contributed by atoms with E-state index in [1.807, 2.05) is 6.92 Å². The van der Waals surface area contributed by atoms with Crippen LogP contribution in [0.1, 0.15) is 63.4 Å².